The first-order valence-corrected chi connectivity index (χ1v) is 15.4. The second-order valence-corrected chi connectivity index (χ2v) is 11.0. The summed E-state index contributed by atoms with van der Waals surface area (Å²) in [5.41, 5.74) is 0. The number of unbranched alkanes of at least 4 members (excludes halogenated alkanes) is 18. The van der Waals surface area contributed by atoms with Crippen LogP contribution in [-0.2, 0) is 0 Å². The Labute approximate surface area is 205 Å². The average Bonchev–Trinajstić information content (AvgIpc) is 2.79. The van der Waals surface area contributed by atoms with Crippen molar-refractivity contribution in [3.8, 4) is 0 Å². The van der Waals surface area contributed by atoms with Crippen molar-refractivity contribution < 1.29 is 0 Å². The molecular weight excluding hydrogens is 386 g/mol. The molecule has 2 unspecified atom stereocenters. The maximum atomic E-state index is 2.76. The highest BCUT2D eigenvalue weighted by Crippen LogP contribution is 2.24. The lowest BCUT2D eigenvalue weighted by atomic mass is 9.90. The fraction of sp³-hybridized carbons (Fsp3) is 1.00. The van der Waals surface area contributed by atoms with Crippen LogP contribution in [0.15, 0.2) is 0 Å². The SMILES string of the molecule is CCCCCCCCCCCN(C)C(CCCCCCCCCC)C(C)CCCCCC. The molecule has 32 heavy (non-hydrogen) atoms. The van der Waals surface area contributed by atoms with Gasteiger partial charge in [-0.05, 0) is 38.8 Å². The van der Waals surface area contributed by atoms with Crippen LogP contribution in [0, 0.1) is 5.92 Å². The highest BCUT2D eigenvalue weighted by Gasteiger charge is 2.21. The highest BCUT2D eigenvalue weighted by atomic mass is 15.1. The van der Waals surface area contributed by atoms with Gasteiger partial charge in [-0.1, -0.05) is 156 Å². The minimum atomic E-state index is 0.811. The van der Waals surface area contributed by atoms with Crippen LogP contribution in [0.2, 0.25) is 0 Å². The number of nitrogens with zero attached hydrogens (tertiary/aromatic N) is 1. The van der Waals surface area contributed by atoms with E-state index in [1.54, 1.807) is 0 Å². The molecule has 0 aromatic heterocycles. The van der Waals surface area contributed by atoms with Gasteiger partial charge in [-0.3, -0.25) is 0 Å². The van der Waals surface area contributed by atoms with E-state index in [0.29, 0.717) is 0 Å². The molecule has 0 aromatic carbocycles. The molecule has 2 atom stereocenters. The summed E-state index contributed by atoms with van der Waals surface area (Å²) >= 11 is 0. The zero-order valence-electron chi connectivity index (χ0n) is 23.6. The van der Waals surface area contributed by atoms with Crippen molar-refractivity contribution in [3.63, 3.8) is 0 Å². The first-order valence-electron chi connectivity index (χ1n) is 15.4. The Morgan fingerprint density at radius 1 is 0.438 bits per heavy atom. The number of hydrogen-bond acceptors (Lipinski definition) is 1. The van der Waals surface area contributed by atoms with Gasteiger partial charge < -0.3 is 4.90 Å². The molecule has 0 bridgehead atoms. The molecule has 0 spiro atoms. The fourth-order valence-electron chi connectivity index (χ4n) is 5.35. The first-order chi connectivity index (χ1) is 15.7. The molecule has 0 rings (SSSR count). The number of hydrogen-bond donors (Lipinski definition) is 0. The minimum Gasteiger partial charge on any atom is -0.303 e. The smallest absolute Gasteiger partial charge is 0.0118 e. The normalized spacial score (nSPS) is 13.7. The molecule has 0 saturated heterocycles. The van der Waals surface area contributed by atoms with E-state index in [0.717, 1.165) is 12.0 Å². The Balaban J connectivity index is 4.14. The van der Waals surface area contributed by atoms with Gasteiger partial charge in [-0.15, -0.1) is 0 Å². The summed E-state index contributed by atoms with van der Waals surface area (Å²) in [6, 6.07) is 0.811. The summed E-state index contributed by atoms with van der Waals surface area (Å²) in [4.78, 5) is 2.76. The number of rotatable bonds is 26. The van der Waals surface area contributed by atoms with Crippen LogP contribution in [-0.4, -0.2) is 24.5 Å². The van der Waals surface area contributed by atoms with E-state index >= 15 is 0 Å². The van der Waals surface area contributed by atoms with Crippen LogP contribution in [0.25, 0.3) is 0 Å². The van der Waals surface area contributed by atoms with Gasteiger partial charge in [-0.25, -0.2) is 0 Å². The fourth-order valence-corrected chi connectivity index (χ4v) is 5.35. The Bertz CT molecular complexity index is 339. The minimum absolute atomic E-state index is 0.811. The van der Waals surface area contributed by atoms with Crippen molar-refractivity contribution >= 4 is 0 Å². The Morgan fingerprint density at radius 2 is 0.781 bits per heavy atom. The van der Waals surface area contributed by atoms with E-state index < -0.39 is 0 Å². The molecule has 0 radical (unpaired) electrons. The molecule has 0 fully saturated rings. The van der Waals surface area contributed by atoms with Crippen molar-refractivity contribution in [2.45, 2.75) is 181 Å². The van der Waals surface area contributed by atoms with Gasteiger partial charge in [0.1, 0.15) is 0 Å². The van der Waals surface area contributed by atoms with Gasteiger partial charge in [0.05, 0.1) is 0 Å². The second-order valence-electron chi connectivity index (χ2n) is 11.0. The summed E-state index contributed by atoms with van der Waals surface area (Å²) in [5.74, 6) is 0.861. The Morgan fingerprint density at radius 3 is 1.25 bits per heavy atom. The van der Waals surface area contributed by atoms with Crippen LogP contribution in [0.4, 0.5) is 0 Å². The van der Waals surface area contributed by atoms with Crippen molar-refractivity contribution in [2.75, 3.05) is 13.6 Å². The molecule has 1 nitrogen and oxygen atoms in total. The molecule has 0 aliphatic rings. The third kappa shape index (κ3) is 20.6. The quantitative estimate of drug-likeness (QED) is 0.118. The maximum Gasteiger partial charge on any atom is 0.0118 e. The zero-order chi connectivity index (χ0) is 23.7. The lowest BCUT2D eigenvalue weighted by Crippen LogP contribution is -2.37. The first kappa shape index (κ1) is 32.0. The summed E-state index contributed by atoms with van der Waals surface area (Å²) in [6.45, 7) is 10.8. The molecule has 1 heteroatoms. The summed E-state index contributed by atoms with van der Waals surface area (Å²) in [7, 11) is 2.43. The van der Waals surface area contributed by atoms with Crippen molar-refractivity contribution in [1.82, 2.24) is 4.90 Å². The van der Waals surface area contributed by atoms with E-state index in [1.807, 2.05) is 0 Å². The van der Waals surface area contributed by atoms with E-state index in [4.69, 9.17) is 0 Å². The third-order valence-corrected chi connectivity index (χ3v) is 7.70. The van der Waals surface area contributed by atoms with Crippen LogP contribution in [0.5, 0.6) is 0 Å². The van der Waals surface area contributed by atoms with E-state index in [1.165, 1.54) is 154 Å². The molecular formula is C31H65N. The van der Waals surface area contributed by atoms with E-state index in [-0.39, 0.29) is 0 Å². The van der Waals surface area contributed by atoms with Crippen LogP contribution >= 0.6 is 0 Å². The molecule has 0 aliphatic carbocycles. The molecule has 194 valence electrons. The standard InChI is InChI=1S/C31H65N/c1-6-9-12-15-17-19-21-23-26-29-32(5)31(30(4)27-24-14-11-8-3)28-25-22-20-18-16-13-10-7-2/h30-31H,6-29H2,1-5H3. The molecule has 0 N–H and O–H groups in total. The Kier molecular flexibility index (Phi) is 25.5. The lowest BCUT2D eigenvalue weighted by Gasteiger charge is -2.33. The van der Waals surface area contributed by atoms with Crippen LogP contribution < -0.4 is 0 Å². The monoisotopic (exact) mass is 452 g/mol. The van der Waals surface area contributed by atoms with Gasteiger partial charge in [0.2, 0.25) is 0 Å². The summed E-state index contributed by atoms with van der Waals surface area (Å²) < 4.78 is 0. The molecule has 0 aliphatic heterocycles. The molecule has 0 amide bonds. The highest BCUT2D eigenvalue weighted by molar-refractivity contribution is 4.75. The average molecular weight is 452 g/mol. The lowest BCUT2D eigenvalue weighted by molar-refractivity contribution is 0.158. The topological polar surface area (TPSA) is 3.24 Å². The predicted octanol–water partition coefficient (Wildman–Crippen LogP) is 11.0. The summed E-state index contributed by atoms with van der Waals surface area (Å²) in [5, 5.41) is 0. The van der Waals surface area contributed by atoms with Gasteiger partial charge in [0.25, 0.3) is 0 Å². The summed E-state index contributed by atoms with van der Waals surface area (Å²) in [6.07, 6.45) is 33.0. The van der Waals surface area contributed by atoms with Gasteiger partial charge in [0.15, 0.2) is 0 Å². The van der Waals surface area contributed by atoms with Crippen molar-refractivity contribution in [2.24, 2.45) is 5.92 Å². The molecule has 0 saturated carbocycles. The molecule has 0 heterocycles. The van der Waals surface area contributed by atoms with Crippen LogP contribution in [0.1, 0.15) is 175 Å². The largest absolute Gasteiger partial charge is 0.303 e. The second kappa shape index (κ2) is 25.6. The van der Waals surface area contributed by atoms with Gasteiger partial charge in [-0.2, -0.15) is 0 Å². The Hall–Kier alpha value is -0.0400. The van der Waals surface area contributed by atoms with Gasteiger partial charge in [0, 0.05) is 6.04 Å². The zero-order valence-corrected chi connectivity index (χ0v) is 23.6. The maximum absolute atomic E-state index is 2.76. The third-order valence-electron chi connectivity index (χ3n) is 7.70. The molecule has 0 aromatic rings. The van der Waals surface area contributed by atoms with E-state index in [9.17, 15) is 0 Å². The van der Waals surface area contributed by atoms with Crippen LogP contribution in [0.3, 0.4) is 0 Å². The van der Waals surface area contributed by atoms with Gasteiger partial charge >= 0.3 is 0 Å². The van der Waals surface area contributed by atoms with Crippen molar-refractivity contribution in [3.05, 3.63) is 0 Å². The van der Waals surface area contributed by atoms with E-state index in [2.05, 4.69) is 39.6 Å². The van der Waals surface area contributed by atoms with Crippen molar-refractivity contribution in [1.29, 1.82) is 0 Å². The predicted molar refractivity (Wildman–Crippen MR) is 149 cm³/mol.